The maximum Gasteiger partial charge on any atom is 0.267 e. The lowest BCUT2D eigenvalue weighted by atomic mass is 9.92. The number of nitrogens with zero attached hydrogens (tertiary/aromatic N) is 5. The second-order valence-corrected chi connectivity index (χ2v) is 10.3. The van der Waals surface area contributed by atoms with Gasteiger partial charge in [0.15, 0.2) is 0 Å². The normalized spacial score (nSPS) is 17.1. The van der Waals surface area contributed by atoms with Crippen molar-refractivity contribution >= 4 is 22.5 Å². The molecule has 0 radical (unpaired) electrons. The van der Waals surface area contributed by atoms with Crippen LogP contribution in [0.1, 0.15) is 59.6 Å². The van der Waals surface area contributed by atoms with E-state index in [1.807, 2.05) is 30.3 Å². The summed E-state index contributed by atoms with van der Waals surface area (Å²) < 4.78 is 33.3. The van der Waals surface area contributed by atoms with Gasteiger partial charge >= 0.3 is 0 Å². The third kappa shape index (κ3) is 6.75. The first kappa shape index (κ1) is 30.2. The largest absolute Gasteiger partial charge is 0.376 e. The van der Waals surface area contributed by atoms with Gasteiger partial charge in [0.2, 0.25) is 0 Å². The lowest BCUT2D eigenvalue weighted by molar-refractivity contribution is 0.0931. The second kappa shape index (κ2) is 13.3. The van der Waals surface area contributed by atoms with Gasteiger partial charge in [-0.15, -0.1) is 0 Å². The Kier molecular flexibility index (Phi) is 9.55. The van der Waals surface area contributed by atoms with Crippen LogP contribution in [0.25, 0.3) is 10.9 Å². The lowest BCUT2D eigenvalue weighted by Gasteiger charge is -2.23. The number of rotatable bonds is 6. The smallest absolute Gasteiger partial charge is 0.267 e. The highest BCUT2D eigenvalue weighted by molar-refractivity contribution is 6.09. The predicted molar refractivity (Wildman–Crippen MR) is 158 cm³/mol. The van der Waals surface area contributed by atoms with Crippen molar-refractivity contribution < 1.29 is 18.3 Å². The zero-order chi connectivity index (χ0) is 30.4. The number of hydrogen-bond acceptors (Lipinski definition) is 7. The summed E-state index contributed by atoms with van der Waals surface area (Å²) in [5.41, 5.74) is 5.81. The molecule has 1 unspecified atom stereocenters. The summed E-state index contributed by atoms with van der Waals surface area (Å²) in [7, 11) is 1.69. The van der Waals surface area contributed by atoms with E-state index in [0.29, 0.717) is 41.4 Å². The number of carbonyl (C=O) groups is 1. The molecule has 0 saturated heterocycles. The number of aromatic nitrogens is 2. The van der Waals surface area contributed by atoms with Gasteiger partial charge in [-0.2, -0.15) is 0 Å². The van der Waals surface area contributed by atoms with Gasteiger partial charge in [-0.3, -0.25) is 9.78 Å². The Hall–Kier alpha value is -4.75. The van der Waals surface area contributed by atoms with Crippen LogP contribution < -0.4 is 5.32 Å². The van der Waals surface area contributed by atoms with Gasteiger partial charge in [0, 0.05) is 42.9 Å². The summed E-state index contributed by atoms with van der Waals surface area (Å²) in [5, 5.41) is 10.3. The van der Waals surface area contributed by atoms with Crippen molar-refractivity contribution in [2.75, 3.05) is 13.7 Å². The molecule has 2 aliphatic rings. The molecular formula is C32H32F2N6O2. The van der Waals surface area contributed by atoms with Gasteiger partial charge in [-0.1, -0.05) is 24.6 Å². The van der Waals surface area contributed by atoms with Crippen molar-refractivity contribution in [3.05, 3.63) is 106 Å². The number of aliphatic imine (C=N–C) groups is 1. The minimum absolute atomic E-state index is 0.144. The fourth-order valence-electron chi connectivity index (χ4n) is 4.76. The molecule has 3 aromatic rings. The van der Waals surface area contributed by atoms with E-state index in [0.717, 1.165) is 22.1 Å². The third-order valence-corrected chi connectivity index (χ3v) is 6.84. The standard InChI is InChI=1S/C31H31F2N5O2.CHN/c1-18(2)11-25(29(32)33)30-37-27(9-10-38(30)4)26-8-7-21-14-34-23(13-28(21)36-26)15-35-31(39)20-5-6-22-17-40-16-19(3)24(22)12-20;1-2/h5-14,19,29H,15-17H2,1-4H3,(H,35,39);1H/b30-25+;. The first-order valence-electron chi connectivity index (χ1n) is 13.4. The molecule has 0 aliphatic carbocycles. The maximum absolute atomic E-state index is 13.8. The summed E-state index contributed by atoms with van der Waals surface area (Å²) >= 11 is 0. The first-order valence-corrected chi connectivity index (χ1v) is 13.4. The molecule has 1 atom stereocenters. The molecule has 1 N–H and O–H groups in total. The van der Waals surface area contributed by atoms with E-state index in [1.54, 1.807) is 50.3 Å². The number of alkyl halides is 2. The van der Waals surface area contributed by atoms with Crippen molar-refractivity contribution in [1.82, 2.24) is 20.2 Å². The number of pyridine rings is 2. The van der Waals surface area contributed by atoms with E-state index < -0.39 is 6.43 Å². The molecule has 2 aliphatic heterocycles. The minimum Gasteiger partial charge on any atom is -0.376 e. The summed E-state index contributed by atoms with van der Waals surface area (Å²) in [6.45, 7) is 10.6. The van der Waals surface area contributed by atoms with E-state index in [-0.39, 0.29) is 29.8 Å². The van der Waals surface area contributed by atoms with Crippen LogP contribution in [-0.2, 0) is 17.9 Å². The highest BCUT2D eigenvalue weighted by Crippen LogP contribution is 2.27. The number of amides is 1. The Morgan fingerprint density at radius 3 is 2.76 bits per heavy atom. The number of halogens is 2. The fraction of sp³-hybridized carbons (Fsp3) is 0.281. The van der Waals surface area contributed by atoms with Gasteiger partial charge in [0.25, 0.3) is 12.3 Å². The highest BCUT2D eigenvalue weighted by atomic mass is 19.3. The predicted octanol–water partition coefficient (Wildman–Crippen LogP) is 6.02. The van der Waals surface area contributed by atoms with Crippen LogP contribution in [0.3, 0.4) is 0 Å². The van der Waals surface area contributed by atoms with Crippen LogP contribution in [0, 0.1) is 11.8 Å². The summed E-state index contributed by atoms with van der Waals surface area (Å²) in [6, 6.07) is 11.2. The van der Waals surface area contributed by atoms with Gasteiger partial charge in [-0.05, 0) is 61.4 Å². The number of nitriles is 1. The highest BCUT2D eigenvalue weighted by Gasteiger charge is 2.21. The molecule has 4 heterocycles. The number of allylic oxidation sites excluding steroid dienone is 4. The Bertz CT molecular complexity index is 1640. The van der Waals surface area contributed by atoms with E-state index in [1.165, 1.54) is 6.08 Å². The maximum atomic E-state index is 13.8. The number of carbonyl (C=O) groups excluding carboxylic acids is 1. The van der Waals surface area contributed by atoms with Gasteiger partial charge in [0.05, 0.1) is 47.9 Å². The quantitative estimate of drug-likeness (QED) is 0.389. The Balaban J connectivity index is 0.00000198. The average Bonchev–Trinajstić information content (AvgIpc) is 2.99. The van der Waals surface area contributed by atoms with Crippen LogP contribution in [0.4, 0.5) is 8.78 Å². The Labute approximate surface area is 243 Å². The van der Waals surface area contributed by atoms with Crippen molar-refractivity contribution in [3.8, 4) is 6.57 Å². The molecule has 0 bridgehead atoms. The van der Waals surface area contributed by atoms with Gasteiger partial charge in [-0.25, -0.2) is 24.0 Å². The minimum atomic E-state index is -2.67. The van der Waals surface area contributed by atoms with Crippen molar-refractivity contribution in [1.29, 1.82) is 5.26 Å². The SMILES string of the molecule is C#N.CC(C)=C/C(=C1/N=C(c2ccc3cnc(CNC(=O)c4ccc5c(c4)C(C)COC5)cc3n2)C=CN1C)C(F)F. The van der Waals surface area contributed by atoms with Crippen LogP contribution in [0.5, 0.6) is 0 Å². The number of hydrogen-bond donors (Lipinski definition) is 1. The van der Waals surface area contributed by atoms with E-state index >= 15 is 0 Å². The number of benzene rings is 1. The molecule has 42 heavy (non-hydrogen) atoms. The monoisotopic (exact) mass is 570 g/mol. The van der Waals surface area contributed by atoms with Gasteiger partial charge in [0.1, 0.15) is 5.82 Å². The summed E-state index contributed by atoms with van der Waals surface area (Å²) in [5.74, 6) is 0.239. The molecule has 0 spiro atoms. The number of ether oxygens (including phenoxy) is 1. The van der Waals surface area contributed by atoms with Crippen LogP contribution >= 0.6 is 0 Å². The molecular weight excluding hydrogens is 538 g/mol. The molecule has 10 heteroatoms. The zero-order valence-electron chi connectivity index (χ0n) is 23.9. The average molecular weight is 571 g/mol. The topological polar surface area (TPSA) is 104 Å². The van der Waals surface area contributed by atoms with E-state index in [4.69, 9.17) is 15.0 Å². The molecule has 0 fully saturated rings. The summed E-state index contributed by atoms with van der Waals surface area (Å²) in [4.78, 5) is 28.2. The molecule has 2 aromatic heterocycles. The van der Waals surface area contributed by atoms with Crippen LogP contribution in [0.15, 0.2) is 82.9 Å². The number of fused-ring (bicyclic) bond motifs is 2. The van der Waals surface area contributed by atoms with Crippen molar-refractivity contribution in [2.45, 2.75) is 46.3 Å². The van der Waals surface area contributed by atoms with Crippen molar-refractivity contribution in [2.24, 2.45) is 4.99 Å². The molecule has 1 aromatic carbocycles. The first-order chi connectivity index (χ1) is 20.2. The fourth-order valence-corrected chi connectivity index (χ4v) is 4.76. The van der Waals surface area contributed by atoms with Crippen LogP contribution in [0.2, 0.25) is 0 Å². The van der Waals surface area contributed by atoms with Crippen LogP contribution in [-0.4, -0.2) is 46.6 Å². The molecule has 0 saturated carbocycles. The third-order valence-electron chi connectivity index (χ3n) is 6.84. The Morgan fingerprint density at radius 1 is 1.24 bits per heavy atom. The second-order valence-electron chi connectivity index (χ2n) is 10.3. The number of nitrogens with one attached hydrogen (secondary N) is 1. The van der Waals surface area contributed by atoms with E-state index in [9.17, 15) is 13.6 Å². The molecule has 216 valence electrons. The van der Waals surface area contributed by atoms with Gasteiger partial charge < -0.3 is 15.0 Å². The lowest BCUT2D eigenvalue weighted by Crippen LogP contribution is -2.24. The zero-order valence-corrected chi connectivity index (χ0v) is 23.9. The Morgan fingerprint density at radius 2 is 2.02 bits per heavy atom. The summed E-state index contributed by atoms with van der Waals surface area (Å²) in [6.07, 6.45) is 3.94. The van der Waals surface area contributed by atoms with E-state index in [2.05, 4.69) is 28.8 Å². The molecule has 5 rings (SSSR count). The molecule has 1 amide bonds. The van der Waals surface area contributed by atoms with Crippen molar-refractivity contribution in [3.63, 3.8) is 0 Å². The molecule has 8 nitrogen and oxygen atoms in total.